The summed E-state index contributed by atoms with van der Waals surface area (Å²) < 4.78 is 4.93. The van der Waals surface area contributed by atoms with Gasteiger partial charge in [0.25, 0.3) is 0 Å². The van der Waals surface area contributed by atoms with Gasteiger partial charge in [-0.05, 0) is 18.9 Å². The molecule has 12 heavy (non-hydrogen) atoms. The van der Waals surface area contributed by atoms with Crippen LogP contribution in [0.15, 0.2) is 6.07 Å². The first-order valence-electron chi connectivity index (χ1n) is 4.09. The molecular weight excluding hydrogens is 154 g/mol. The van der Waals surface area contributed by atoms with Crippen LogP contribution in [0, 0.1) is 0 Å². The number of aromatic amines is 1. The van der Waals surface area contributed by atoms with Gasteiger partial charge in [-0.15, -0.1) is 0 Å². The zero-order valence-electron chi connectivity index (χ0n) is 7.34. The molecule has 0 saturated heterocycles. The van der Waals surface area contributed by atoms with Crippen molar-refractivity contribution in [2.24, 2.45) is 5.73 Å². The van der Waals surface area contributed by atoms with Crippen LogP contribution in [-0.4, -0.2) is 23.9 Å². The predicted molar refractivity (Wildman–Crippen MR) is 46.7 cm³/mol. The Morgan fingerprint density at radius 3 is 3.08 bits per heavy atom. The number of rotatable bonds is 5. The van der Waals surface area contributed by atoms with E-state index in [0.717, 1.165) is 30.8 Å². The number of aromatic nitrogens is 2. The maximum atomic E-state index is 5.42. The Kier molecular flexibility index (Phi) is 3.76. The van der Waals surface area contributed by atoms with Crippen molar-refractivity contribution in [3.8, 4) is 0 Å². The smallest absolute Gasteiger partial charge is 0.0626 e. The third kappa shape index (κ3) is 2.64. The van der Waals surface area contributed by atoms with Gasteiger partial charge in [-0.25, -0.2) is 0 Å². The van der Waals surface area contributed by atoms with Crippen LogP contribution in [0.5, 0.6) is 0 Å². The molecule has 68 valence electrons. The second-order valence-corrected chi connectivity index (χ2v) is 2.68. The molecule has 0 aliphatic carbocycles. The van der Waals surface area contributed by atoms with Crippen LogP contribution in [0.3, 0.4) is 0 Å². The van der Waals surface area contributed by atoms with Crippen molar-refractivity contribution in [2.45, 2.75) is 19.4 Å². The number of aryl methyl sites for hydroxylation is 1. The quantitative estimate of drug-likeness (QED) is 0.629. The summed E-state index contributed by atoms with van der Waals surface area (Å²) in [5.74, 6) is 0. The summed E-state index contributed by atoms with van der Waals surface area (Å²) in [5, 5.41) is 6.96. The molecule has 0 spiro atoms. The van der Waals surface area contributed by atoms with Crippen LogP contribution >= 0.6 is 0 Å². The number of methoxy groups -OCH3 is 1. The first-order chi connectivity index (χ1) is 5.86. The van der Waals surface area contributed by atoms with Gasteiger partial charge in [0.15, 0.2) is 0 Å². The molecule has 0 radical (unpaired) electrons. The summed E-state index contributed by atoms with van der Waals surface area (Å²) in [5.41, 5.74) is 7.47. The Hall–Kier alpha value is -0.870. The van der Waals surface area contributed by atoms with Crippen molar-refractivity contribution in [3.63, 3.8) is 0 Å². The van der Waals surface area contributed by atoms with Gasteiger partial charge < -0.3 is 10.5 Å². The second-order valence-electron chi connectivity index (χ2n) is 2.68. The Morgan fingerprint density at radius 1 is 1.67 bits per heavy atom. The lowest BCUT2D eigenvalue weighted by atomic mass is 10.2. The Bertz CT molecular complexity index is 222. The van der Waals surface area contributed by atoms with E-state index < -0.39 is 0 Å². The number of ether oxygens (including phenoxy) is 1. The number of H-pyrrole nitrogens is 1. The van der Waals surface area contributed by atoms with E-state index in [2.05, 4.69) is 10.2 Å². The molecule has 4 nitrogen and oxygen atoms in total. The fraction of sp³-hybridized carbons (Fsp3) is 0.625. The van der Waals surface area contributed by atoms with E-state index in [9.17, 15) is 0 Å². The molecule has 1 rings (SSSR count). The molecule has 0 bridgehead atoms. The standard InChI is InChI=1S/C8H15N3O/c1-12-4-2-3-7-5-8(6-9)11-10-7/h5H,2-4,6,9H2,1H3,(H,10,11). The first-order valence-corrected chi connectivity index (χ1v) is 4.09. The number of hydrogen-bond donors (Lipinski definition) is 2. The molecule has 3 N–H and O–H groups in total. The van der Waals surface area contributed by atoms with Crippen molar-refractivity contribution in [1.82, 2.24) is 10.2 Å². The maximum Gasteiger partial charge on any atom is 0.0626 e. The van der Waals surface area contributed by atoms with Gasteiger partial charge in [0, 0.05) is 26.0 Å². The minimum atomic E-state index is 0.525. The molecule has 0 saturated carbocycles. The number of hydrogen-bond acceptors (Lipinski definition) is 3. The summed E-state index contributed by atoms with van der Waals surface area (Å²) in [6.07, 6.45) is 1.95. The SMILES string of the molecule is COCCCc1cc(CN)[nH]n1. The number of nitrogens with zero attached hydrogens (tertiary/aromatic N) is 1. The molecule has 0 aliphatic rings. The lowest BCUT2D eigenvalue weighted by Crippen LogP contribution is -1.95. The van der Waals surface area contributed by atoms with Crippen molar-refractivity contribution < 1.29 is 4.74 Å². The monoisotopic (exact) mass is 169 g/mol. The maximum absolute atomic E-state index is 5.42. The highest BCUT2D eigenvalue weighted by molar-refractivity contribution is 5.08. The molecule has 0 fully saturated rings. The molecule has 1 aromatic rings. The lowest BCUT2D eigenvalue weighted by Gasteiger charge is -1.94. The van der Waals surface area contributed by atoms with Crippen LogP contribution in [0.2, 0.25) is 0 Å². The van der Waals surface area contributed by atoms with Crippen LogP contribution in [0.1, 0.15) is 17.8 Å². The third-order valence-electron chi connectivity index (χ3n) is 1.69. The topological polar surface area (TPSA) is 63.9 Å². The van der Waals surface area contributed by atoms with Crippen molar-refractivity contribution >= 4 is 0 Å². The average molecular weight is 169 g/mol. The van der Waals surface area contributed by atoms with E-state index in [0.29, 0.717) is 6.54 Å². The van der Waals surface area contributed by atoms with Crippen LogP contribution in [0.4, 0.5) is 0 Å². The highest BCUT2D eigenvalue weighted by atomic mass is 16.5. The van der Waals surface area contributed by atoms with E-state index in [4.69, 9.17) is 10.5 Å². The van der Waals surface area contributed by atoms with Gasteiger partial charge in [-0.3, -0.25) is 5.10 Å². The van der Waals surface area contributed by atoms with Gasteiger partial charge in [-0.2, -0.15) is 5.10 Å². The molecule has 1 aromatic heterocycles. The van der Waals surface area contributed by atoms with Gasteiger partial charge in [-0.1, -0.05) is 0 Å². The normalized spacial score (nSPS) is 10.5. The summed E-state index contributed by atoms with van der Waals surface area (Å²) in [7, 11) is 1.70. The number of nitrogens with two attached hydrogens (primary N) is 1. The van der Waals surface area contributed by atoms with Gasteiger partial charge in [0.1, 0.15) is 0 Å². The summed E-state index contributed by atoms with van der Waals surface area (Å²) in [6.45, 7) is 1.31. The average Bonchev–Trinajstić information content (AvgIpc) is 2.53. The Balaban J connectivity index is 2.31. The second kappa shape index (κ2) is 4.90. The molecule has 1 heterocycles. The minimum Gasteiger partial charge on any atom is -0.385 e. The molecule has 0 amide bonds. The van der Waals surface area contributed by atoms with Crippen molar-refractivity contribution in [3.05, 3.63) is 17.5 Å². The zero-order valence-corrected chi connectivity index (χ0v) is 7.34. The van der Waals surface area contributed by atoms with Crippen molar-refractivity contribution in [2.75, 3.05) is 13.7 Å². The zero-order chi connectivity index (χ0) is 8.81. The van der Waals surface area contributed by atoms with Crippen molar-refractivity contribution in [1.29, 1.82) is 0 Å². The molecule has 0 unspecified atom stereocenters. The lowest BCUT2D eigenvalue weighted by molar-refractivity contribution is 0.195. The van der Waals surface area contributed by atoms with Crippen LogP contribution in [0.25, 0.3) is 0 Å². The van der Waals surface area contributed by atoms with Crippen LogP contribution in [-0.2, 0) is 17.7 Å². The summed E-state index contributed by atoms with van der Waals surface area (Å²) in [6, 6.07) is 2.00. The Morgan fingerprint density at radius 2 is 2.50 bits per heavy atom. The minimum absolute atomic E-state index is 0.525. The summed E-state index contributed by atoms with van der Waals surface area (Å²) in [4.78, 5) is 0. The highest BCUT2D eigenvalue weighted by Crippen LogP contribution is 2.01. The largest absolute Gasteiger partial charge is 0.385 e. The van der Waals surface area contributed by atoms with E-state index in [-0.39, 0.29) is 0 Å². The number of nitrogens with one attached hydrogen (secondary N) is 1. The molecular formula is C8H15N3O. The van der Waals surface area contributed by atoms with E-state index >= 15 is 0 Å². The molecule has 0 aliphatic heterocycles. The molecule has 4 heteroatoms. The van der Waals surface area contributed by atoms with Gasteiger partial charge in [0.05, 0.1) is 5.69 Å². The fourth-order valence-corrected chi connectivity index (χ4v) is 1.04. The predicted octanol–water partition coefficient (Wildman–Crippen LogP) is 0.447. The third-order valence-corrected chi connectivity index (χ3v) is 1.69. The molecule has 0 atom stereocenters. The van der Waals surface area contributed by atoms with Crippen LogP contribution < -0.4 is 5.73 Å². The summed E-state index contributed by atoms with van der Waals surface area (Å²) >= 11 is 0. The fourth-order valence-electron chi connectivity index (χ4n) is 1.04. The van der Waals surface area contributed by atoms with Gasteiger partial charge in [0.2, 0.25) is 0 Å². The van der Waals surface area contributed by atoms with E-state index in [1.807, 2.05) is 6.07 Å². The van der Waals surface area contributed by atoms with E-state index in [1.54, 1.807) is 7.11 Å². The van der Waals surface area contributed by atoms with Gasteiger partial charge >= 0.3 is 0 Å². The van der Waals surface area contributed by atoms with E-state index in [1.165, 1.54) is 0 Å². The molecule has 0 aromatic carbocycles. The Labute approximate surface area is 72.1 Å². The first kappa shape index (κ1) is 9.22. The highest BCUT2D eigenvalue weighted by Gasteiger charge is 1.98.